The highest BCUT2D eigenvalue weighted by atomic mass is 35.5. The van der Waals surface area contributed by atoms with E-state index in [4.69, 9.17) is 37.4 Å². The molecule has 7 heteroatoms. The normalized spacial score (nSPS) is 15.2. The first kappa shape index (κ1) is 23.3. The quantitative estimate of drug-likeness (QED) is 0.384. The molecule has 0 fully saturated rings. The second-order valence-electron chi connectivity index (χ2n) is 7.58. The number of halogens is 2. The van der Waals surface area contributed by atoms with Crippen molar-refractivity contribution in [2.24, 2.45) is 0 Å². The number of rotatable bonds is 7. The average molecular weight is 486 g/mol. The molecule has 1 aliphatic heterocycles. The average Bonchev–Trinajstić information content (AvgIpc) is 2.79. The van der Waals surface area contributed by atoms with Crippen molar-refractivity contribution in [1.29, 1.82) is 0 Å². The van der Waals surface area contributed by atoms with E-state index < -0.39 is 6.04 Å². The number of methoxy groups -OCH3 is 1. The molecule has 0 saturated carbocycles. The molecule has 1 unspecified atom stereocenters. The maximum Gasteiger partial charge on any atom is 0.232 e. The van der Waals surface area contributed by atoms with Gasteiger partial charge in [0.05, 0.1) is 37.8 Å². The van der Waals surface area contributed by atoms with Crippen LogP contribution in [-0.4, -0.2) is 26.2 Å². The lowest BCUT2D eigenvalue weighted by Crippen LogP contribution is -2.41. The fourth-order valence-electron chi connectivity index (χ4n) is 4.20. The van der Waals surface area contributed by atoms with Crippen molar-refractivity contribution in [2.75, 3.05) is 25.2 Å². The van der Waals surface area contributed by atoms with Gasteiger partial charge in [-0.15, -0.1) is 0 Å². The molecule has 33 heavy (non-hydrogen) atoms. The first-order valence-corrected chi connectivity index (χ1v) is 11.6. The van der Waals surface area contributed by atoms with Gasteiger partial charge < -0.3 is 19.1 Å². The van der Waals surface area contributed by atoms with Gasteiger partial charge in [0.15, 0.2) is 11.5 Å². The maximum atomic E-state index is 13.5. The Hall–Kier alpha value is -2.89. The van der Waals surface area contributed by atoms with Gasteiger partial charge in [-0.25, -0.2) is 0 Å². The minimum absolute atomic E-state index is 0.0553. The van der Waals surface area contributed by atoms with Crippen molar-refractivity contribution in [1.82, 2.24) is 0 Å². The van der Waals surface area contributed by atoms with Gasteiger partial charge in [-0.2, -0.15) is 0 Å². The summed E-state index contributed by atoms with van der Waals surface area (Å²) >= 11 is 12.8. The first-order valence-electron chi connectivity index (χ1n) is 10.8. The third kappa shape index (κ3) is 4.61. The summed E-state index contributed by atoms with van der Waals surface area (Å²) in [5.74, 6) is 1.77. The van der Waals surface area contributed by atoms with E-state index >= 15 is 0 Å². The molecule has 0 spiro atoms. The van der Waals surface area contributed by atoms with Crippen LogP contribution in [0.3, 0.4) is 0 Å². The molecule has 1 amide bonds. The van der Waals surface area contributed by atoms with Crippen LogP contribution in [-0.2, 0) is 11.2 Å². The van der Waals surface area contributed by atoms with Crippen molar-refractivity contribution < 1.29 is 19.0 Å². The van der Waals surface area contributed by atoms with Crippen LogP contribution in [0, 0.1) is 0 Å². The molecule has 5 nitrogen and oxygen atoms in total. The number of nitrogens with zero attached hydrogens (tertiary/aromatic N) is 1. The van der Waals surface area contributed by atoms with Gasteiger partial charge in [0.1, 0.15) is 5.75 Å². The summed E-state index contributed by atoms with van der Waals surface area (Å²) in [5.41, 5.74) is 3.41. The number of carbonyl (C=O) groups excluding carboxylic acids is 1. The van der Waals surface area contributed by atoms with E-state index in [0.717, 1.165) is 16.7 Å². The Morgan fingerprint density at radius 3 is 2.30 bits per heavy atom. The molecule has 0 bridgehead atoms. The third-order valence-corrected chi connectivity index (χ3v) is 6.08. The van der Waals surface area contributed by atoms with E-state index in [-0.39, 0.29) is 12.3 Å². The summed E-state index contributed by atoms with van der Waals surface area (Å²) in [6.07, 6.45) is 0.225. The predicted octanol–water partition coefficient (Wildman–Crippen LogP) is 6.48. The van der Waals surface area contributed by atoms with Crippen LogP contribution < -0.4 is 19.1 Å². The molecule has 0 aliphatic carbocycles. The van der Waals surface area contributed by atoms with E-state index in [0.29, 0.717) is 46.2 Å². The molecule has 3 aromatic rings. The fourth-order valence-corrected chi connectivity index (χ4v) is 4.65. The fraction of sp³-hybridized carbons (Fsp3) is 0.269. The molecule has 4 rings (SSSR count). The van der Waals surface area contributed by atoms with Crippen LogP contribution in [0.25, 0.3) is 0 Å². The number of ether oxygens (including phenoxy) is 3. The van der Waals surface area contributed by atoms with Crippen LogP contribution in [0.15, 0.2) is 54.6 Å². The first-order chi connectivity index (χ1) is 16.0. The molecular weight excluding hydrogens is 461 g/mol. The number of benzene rings is 3. The highest BCUT2D eigenvalue weighted by Gasteiger charge is 2.36. The molecule has 1 atom stereocenters. The lowest BCUT2D eigenvalue weighted by Gasteiger charge is -2.38. The largest absolute Gasteiger partial charge is 0.495 e. The summed E-state index contributed by atoms with van der Waals surface area (Å²) in [6, 6.07) is 16.4. The molecule has 3 aromatic carbocycles. The number of amides is 1. The standard InChI is InChI=1S/C26H25Cl2NO4/c1-4-32-23-12-17-13-25(30)29(19-9-10-22(31-3)21(28)14-19)26(16-7-6-8-18(27)11-16)20(17)15-24(23)33-5-2/h6-12,14-15,26H,4-5,13H2,1-3H3. The maximum absolute atomic E-state index is 13.5. The molecule has 0 radical (unpaired) electrons. The van der Waals surface area contributed by atoms with Crippen LogP contribution in [0.5, 0.6) is 17.2 Å². The topological polar surface area (TPSA) is 48.0 Å². The minimum Gasteiger partial charge on any atom is -0.495 e. The van der Waals surface area contributed by atoms with Crippen molar-refractivity contribution in [3.05, 3.63) is 81.3 Å². The molecule has 1 heterocycles. The molecule has 0 N–H and O–H groups in total. The van der Waals surface area contributed by atoms with Gasteiger partial charge in [-0.3, -0.25) is 4.79 Å². The molecule has 1 aliphatic rings. The number of carbonyl (C=O) groups is 1. The number of fused-ring (bicyclic) bond motifs is 1. The number of anilines is 1. The Balaban J connectivity index is 1.93. The number of hydrogen-bond acceptors (Lipinski definition) is 4. The smallest absolute Gasteiger partial charge is 0.232 e. The van der Waals surface area contributed by atoms with E-state index in [1.165, 1.54) is 0 Å². The minimum atomic E-state index is -0.417. The summed E-state index contributed by atoms with van der Waals surface area (Å²) < 4.78 is 17.0. The van der Waals surface area contributed by atoms with Gasteiger partial charge in [-0.05, 0) is 73.0 Å². The Morgan fingerprint density at radius 2 is 1.67 bits per heavy atom. The Bertz CT molecular complexity index is 1180. The second kappa shape index (κ2) is 9.94. The van der Waals surface area contributed by atoms with Gasteiger partial charge in [0.2, 0.25) is 5.91 Å². The summed E-state index contributed by atoms with van der Waals surface area (Å²) in [7, 11) is 1.56. The highest BCUT2D eigenvalue weighted by molar-refractivity contribution is 6.32. The molecule has 172 valence electrons. The number of hydrogen-bond donors (Lipinski definition) is 0. The Morgan fingerprint density at radius 1 is 0.939 bits per heavy atom. The Labute approximate surface area is 203 Å². The monoisotopic (exact) mass is 485 g/mol. The lowest BCUT2D eigenvalue weighted by molar-refractivity contribution is -0.118. The summed E-state index contributed by atoms with van der Waals surface area (Å²) in [4.78, 5) is 15.3. The SMILES string of the molecule is CCOc1cc2c(cc1OCC)C(c1cccc(Cl)c1)N(c1ccc(OC)c(Cl)c1)C(=O)C2. The van der Waals surface area contributed by atoms with Gasteiger partial charge in [-0.1, -0.05) is 35.3 Å². The zero-order valence-corrected chi connectivity index (χ0v) is 20.2. The lowest BCUT2D eigenvalue weighted by atomic mass is 9.86. The van der Waals surface area contributed by atoms with Crippen molar-refractivity contribution in [3.63, 3.8) is 0 Å². The highest BCUT2D eigenvalue weighted by Crippen LogP contribution is 2.44. The Kier molecular flexibility index (Phi) is 7.01. The van der Waals surface area contributed by atoms with E-state index in [1.54, 1.807) is 24.1 Å². The summed E-state index contributed by atoms with van der Waals surface area (Å²) in [5, 5.41) is 1.02. The van der Waals surface area contributed by atoms with Crippen LogP contribution in [0.1, 0.15) is 36.6 Å². The van der Waals surface area contributed by atoms with E-state index in [9.17, 15) is 4.79 Å². The van der Waals surface area contributed by atoms with Crippen LogP contribution in [0.2, 0.25) is 10.0 Å². The van der Waals surface area contributed by atoms with Crippen molar-refractivity contribution in [3.8, 4) is 17.2 Å². The third-order valence-electron chi connectivity index (χ3n) is 5.55. The zero-order valence-electron chi connectivity index (χ0n) is 18.7. The molecule has 0 saturated heterocycles. The van der Waals surface area contributed by atoms with Gasteiger partial charge in [0.25, 0.3) is 0 Å². The van der Waals surface area contributed by atoms with Crippen molar-refractivity contribution >= 4 is 34.8 Å². The van der Waals surface area contributed by atoms with Gasteiger partial charge >= 0.3 is 0 Å². The van der Waals surface area contributed by atoms with E-state index in [2.05, 4.69) is 0 Å². The van der Waals surface area contributed by atoms with Crippen molar-refractivity contribution in [2.45, 2.75) is 26.3 Å². The molecular formula is C26H25Cl2NO4. The predicted molar refractivity (Wildman–Crippen MR) is 131 cm³/mol. The van der Waals surface area contributed by atoms with Crippen LogP contribution >= 0.6 is 23.2 Å². The van der Waals surface area contributed by atoms with E-state index in [1.807, 2.05) is 56.3 Å². The zero-order chi connectivity index (χ0) is 23.5. The van der Waals surface area contributed by atoms with Gasteiger partial charge in [0, 0.05) is 10.7 Å². The molecule has 0 aromatic heterocycles. The van der Waals surface area contributed by atoms with Crippen LogP contribution in [0.4, 0.5) is 5.69 Å². The summed E-state index contributed by atoms with van der Waals surface area (Å²) in [6.45, 7) is 4.85. The second-order valence-corrected chi connectivity index (χ2v) is 8.42.